The molecule has 0 radical (unpaired) electrons. The minimum atomic E-state index is -1.28. The van der Waals surface area contributed by atoms with E-state index in [4.69, 9.17) is 9.84 Å². The average Bonchev–Trinajstić information content (AvgIpc) is 2.14. The van der Waals surface area contributed by atoms with Crippen LogP contribution in [0.5, 0.6) is 0 Å². The fourth-order valence-corrected chi connectivity index (χ4v) is 1.67. The largest absolute Gasteiger partial charge is 0.480 e. The molecule has 0 aliphatic carbocycles. The maximum absolute atomic E-state index is 11.2. The second-order valence-electron chi connectivity index (χ2n) is 4.88. The van der Waals surface area contributed by atoms with Crippen molar-refractivity contribution in [3.8, 4) is 0 Å². The summed E-state index contributed by atoms with van der Waals surface area (Å²) in [6.45, 7) is 6.69. The minimum Gasteiger partial charge on any atom is -0.480 e. The van der Waals surface area contributed by atoms with E-state index in [2.05, 4.69) is 25.0 Å². The zero-order valence-corrected chi connectivity index (χ0v) is 11.4. The number of alkyl carbamates (subject to hydrolysis) is 1. The van der Waals surface area contributed by atoms with E-state index in [1.54, 1.807) is 0 Å². The summed E-state index contributed by atoms with van der Waals surface area (Å²) in [6.07, 6.45) is -0.614. The third-order valence-corrected chi connectivity index (χ3v) is 3.71. The summed E-state index contributed by atoms with van der Waals surface area (Å²) < 4.78 is 4.85. The van der Waals surface area contributed by atoms with Gasteiger partial charge in [-0.05, 0) is 6.04 Å². The van der Waals surface area contributed by atoms with Crippen LogP contribution in [0.1, 0.15) is 6.42 Å². The Morgan fingerprint density at radius 1 is 1.41 bits per heavy atom. The van der Waals surface area contributed by atoms with Gasteiger partial charge in [0.25, 0.3) is 0 Å². The predicted molar refractivity (Wildman–Crippen MR) is 64.7 cm³/mol. The molecule has 0 heterocycles. The Bertz CT molecular complexity index is 287. The molecule has 0 aromatic carbocycles. The molecule has 1 atom stereocenters. The molecule has 0 aromatic heterocycles. The fourth-order valence-electron chi connectivity index (χ4n) is 0.952. The van der Waals surface area contributed by atoms with Crippen molar-refractivity contribution in [2.24, 2.45) is 0 Å². The van der Waals surface area contributed by atoms with Crippen molar-refractivity contribution in [3.63, 3.8) is 0 Å². The number of carboxylic acids is 1. The highest BCUT2D eigenvalue weighted by molar-refractivity contribution is 6.76. The minimum absolute atomic E-state index is 0.265. The van der Waals surface area contributed by atoms with Crippen molar-refractivity contribution >= 4 is 26.4 Å². The molecule has 0 saturated carbocycles. The first-order valence-corrected chi connectivity index (χ1v) is 9.06. The van der Waals surface area contributed by atoms with E-state index in [1.807, 2.05) is 0 Å². The second kappa shape index (κ2) is 7.05. The maximum atomic E-state index is 11.2. The van der Waals surface area contributed by atoms with E-state index in [0.717, 1.165) is 6.04 Å². The molecule has 0 rings (SSSR count). The predicted octanol–water partition coefficient (Wildman–Crippen LogP) is 1.09. The Kier molecular flexibility index (Phi) is 6.48. The Balaban J connectivity index is 3.99. The number of hydrogen-bond donors (Lipinski definition) is 2. The van der Waals surface area contributed by atoms with Gasteiger partial charge < -0.3 is 20.0 Å². The van der Waals surface area contributed by atoms with Crippen LogP contribution in [0.4, 0.5) is 4.79 Å². The summed E-state index contributed by atoms with van der Waals surface area (Å²) in [7, 11) is -1.28. The molecule has 17 heavy (non-hydrogen) atoms. The number of aliphatic carboxylic acids is 1. The highest BCUT2D eigenvalue weighted by Gasteiger charge is 2.20. The lowest BCUT2D eigenvalue weighted by Crippen LogP contribution is -2.41. The number of ether oxygens (including phenoxy) is 1. The normalized spacial score (nSPS) is 12.6. The molecule has 2 N–H and O–H groups in total. The lowest BCUT2D eigenvalue weighted by molar-refractivity contribution is -0.140. The van der Waals surface area contributed by atoms with Crippen molar-refractivity contribution in [3.05, 3.63) is 0 Å². The Labute approximate surface area is 101 Å². The van der Waals surface area contributed by atoms with Crippen molar-refractivity contribution in [2.75, 3.05) is 6.61 Å². The van der Waals surface area contributed by atoms with Crippen LogP contribution in [0.25, 0.3) is 0 Å². The van der Waals surface area contributed by atoms with Gasteiger partial charge in [0.15, 0.2) is 0 Å². The summed E-state index contributed by atoms with van der Waals surface area (Å²) in [4.78, 5) is 32.1. The van der Waals surface area contributed by atoms with Gasteiger partial charge in [-0.15, -0.1) is 0 Å². The van der Waals surface area contributed by atoms with E-state index >= 15 is 0 Å². The van der Waals surface area contributed by atoms with Crippen molar-refractivity contribution in [1.29, 1.82) is 0 Å². The third kappa shape index (κ3) is 8.44. The van der Waals surface area contributed by atoms with Gasteiger partial charge in [0.1, 0.15) is 12.3 Å². The molecule has 0 fully saturated rings. The molecule has 0 saturated heterocycles. The van der Waals surface area contributed by atoms with Crippen molar-refractivity contribution in [2.45, 2.75) is 38.1 Å². The van der Waals surface area contributed by atoms with E-state index in [0.29, 0.717) is 6.29 Å². The SMILES string of the molecule is C[Si](C)(C)CCOC(=O)N[C@@H](CC=O)C(=O)O. The van der Waals surface area contributed by atoms with Crippen LogP contribution in [0.3, 0.4) is 0 Å². The topological polar surface area (TPSA) is 92.7 Å². The Morgan fingerprint density at radius 3 is 2.41 bits per heavy atom. The smallest absolute Gasteiger partial charge is 0.407 e. The van der Waals surface area contributed by atoms with E-state index < -0.39 is 26.2 Å². The van der Waals surface area contributed by atoms with Gasteiger partial charge in [-0.25, -0.2) is 9.59 Å². The molecule has 1 amide bonds. The molecule has 0 aromatic rings. The second-order valence-corrected chi connectivity index (χ2v) is 10.5. The Hall–Kier alpha value is -1.37. The van der Waals surface area contributed by atoms with Crippen LogP contribution in [0.2, 0.25) is 25.7 Å². The monoisotopic (exact) mass is 261 g/mol. The van der Waals surface area contributed by atoms with Crippen LogP contribution in [-0.2, 0) is 14.3 Å². The number of hydrogen-bond acceptors (Lipinski definition) is 4. The first-order chi connectivity index (χ1) is 7.76. The summed E-state index contributed by atoms with van der Waals surface area (Å²) in [5.74, 6) is -1.25. The lowest BCUT2D eigenvalue weighted by atomic mass is 10.2. The average molecular weight is 261 g/mol. The molecular formula is C10H19NO5Si. The molecular weight excluding hydrogens is 242 g/mol. The van der Waals surface area contributed by atoms with Crippen LogP contribution < -0.4 is 5.32 Å². The summed E-state index contributed by atoms with van der Waals surface area (Å²) >= 11 is 0. The molecule has 0 unspecified atom stereocenters. The number of nitrogens with one attached hydrogen (secondary N) is 1. The lowest BCUT2D eigenvalue weighted by Gasteiger charge is -2.16. The van der Waals surface area contributed by atoms with Gasteiger partial charge >= 0.3 is 12.1 Å². The molecule has 98 valence electrons. The van der Waals surface area contributed by atoms with Crippen LogP contribution in [0, 0.1) is 0 Å². The molecule has 0 spiro atoms. The molecule has 0 aliphatic rings. The number of carbonyl (C=O) groups excluding carboxylic acids is 2. The zero-order valence-electron chi connectivity index (χ0n) is 10.4. The summed E-state index contributed by atoms with van der Waals surface area (Å²) in [5.41, 5.74) is 0. The number of aldehydes is 1. The van der Waals surface area contributed by atoms with Crippen LogP contribution >= 0.6 is 0 Å². The molecule has 0 bridgehead atoms. The summed E-state index contributed by atoms with van der Waals surface area (Å²) in [5, 5.41) is 10.8. The van der Waals surface area contributed by atoms with Crippen molar-refractivity contribution < 1.29 is 24.2 Å². The first-order valence-electron chi connectivity index (χ1n) is 5.36. The number of rotatable bonds is 7. The van der Waals surface area contributed by atoms with E-state index in [1.165, 1.54) is 0 Å². The maximum Gasteiger partial charge on any atom is 0.407 e. The Morgan fingerprint density at radius 2 is 2.00 bits per heavy atom. The van der Waals surface area contributed by atoms with E-state index in [-0.39, 0.29) is 13.0 Å². The standard InChI is InChI=1S/C10H19NO5Si/c1-17(2,3)7-6-16-10(15)11-8(4-5-12)9(13)14/h5,8H,4,6-7H2,1-3H3,(H,11,15)(H,13,14)/t8-/m0/s1. The van der Waals surface area contributed by atoms with Crippen LogP contribution in [-0.4, -0.2) is 44.2 Å². The highest BCUT2D eigenvalue weighted by Crippen LogP contribution is 2.07. The third-order valence-electron chi connectivity index (χ3n) is 2.01. The van der Waals surface area contributed by atoms with Gasteiger partial charge in [-0.3, -0.25) is 0 Å². The van der Waals surface area contributed by atoms with Gasteiger partial charge in [0.2, 0.25) is 0 Å². The number of carbonyl (C=O) groups is 3. The molecule has 7 heteroatoms. The quantitative estimate of drug-likeness (QED) is 0.528. The highest BCUT2D eigenvalue weighted by atomic mass is 28.3. The number of amides is 1. The van der Waals surface area contributed by atoms with Gasteiger partial charge in [0.05, 0.1) is 6.61 Å². The van der Waals surface area contributed by atoms with Gasteiger partial charge in [-0.1, -0.05) is 19.6 Å². The molecule has 6 nitrogen and oxygen atoms in total. The first kappa shape index (κ1) is 15.6. The number of carboxylic acid groups (broad SMARTS) is 1. The van der Waals surface area contributed by atoms with Gasteiger partial charge in [-0.2, -0.15) is 0 Å². The zero-order chi connectivity index (χ0) is 13.5. The van der Waals surface area contributed by atoms with Gasteiger partial charge in [0, 0.05) is 14.5 Å². The fraction of sp³-hybridized carbons (Fsp3) is 0.700. The molecule has 0 aliphatic heterocycles. The summed E-state index contributed by atoms with van der Waals surface area (Å²) in [6, 6.07) is -0.405. The van der Waals surface area contributed by atoms with Crippen LogP contribution in [0.15, 0.2) is 0 Å². The van der Waals surface area contributed by atoms with Crippen molar-refractivity contribution in [1.82, 2.24) is 5.32 Å². The van der Waals surface area contributed by atoms with E-state index in [9.17, 15) is 14.4 Å².